The molecule has 1 aliphatic rings. The predicted octanol–water partition coefficient (Wildman–Crippen LogP) is 7.06. The smallest absolute Gasteiger partial charge is 0.324 e. The quantitative estimate of drug-likeness (QED) is 0.316. The number of aromatic nitrogens is 2. The summed E-state index contributed by atoms with van der Waals surface area (Å²) in [6.45, 7) is 1.80. The highest BCUT2D eigenvalue weighted by molar-refractivity contribution is 6.13. The number of rotatable bonds is 3. The Morgan fingerprint density at radius 3 is 2.40 bits per heavy atom. The Hall–Kier alpha value is -3.95. The SMILES string of the molecule is CCC1N=C(Nc2nc(-c3ccc(F)cc3C(F)(F)F)nc3ccccc23)c2cc(F)cc(F)c21. The van der Waals surface area contributed by atoms with Gasteiger partial charge in [0, 0.05) is 28.1 Å². The van der Waals surface area contributed by atoms with Crippen molar-refractivity contribution < 1.29 is 26.3 Å². The summed E-state index contributed by atoms with van der Waals surface area (Å²) in [6, 6.07) is 10.2. The van der Waals surface area contributed by atoms with Crippen molar-refractivity contribution in [2.24, 2.45) is 4.99 Å². The molecule has 178 valence electrons. The largest absolute Gasteiger partial charge is 0.417 e. The zero-order valence-electron chi connectivity index (χ0n) is 18.1. The molecule has 4 nitrogen and oxygen atoms in total. The lowest BCUT2D eigenvalue weighted by Crippen LogP contribution is -2.15. The summed E-state index contributed by atoms with van der Waals surface area (Å²) >= 11 is 0. The number of fused-ring (bicyclic) bond motifs is 2. The number of benzene rings is 3. The van der Waals surface area contributed by atoms with Gasteiger partial charge in [-0.15, -0.1) is 0 Å². The Balaban J connectivity index is 1.68. The minimum Gasteiger partial charge on any atom is -0.324 e. The average molecular weight is 486 g/mol. The van der Waals surface area contributed by atoms with E-state index in [1.54, 1.807) is 31.2 Å². The van der Waals surface area contributed by atoms with Gasteiger partial charge in [-0.3, -0.25) is 4.99 Å². The van der Waals surface area contributed by atoms with Crippen LogP contribution < -0.4 is 5.32 Å². The van der Waals surface area contributed by atoms with Gasteiger partial charge in [0.1, 0.15) is 29.1 Å². The first kappa shape index (κ1) is 22.8. The molecule has 0 saturated carbocycles. The molecule has 1 unspecified atom stereocenters. The van der Waals surface area contributed by atoms with Crippen molar-refractivity contribution in [3.05, 3.63) is 88.7 Å². The lowest BCUT2D eigenvalue weighted by molar-refractivity contribution is -0.137. The Bertz CT molecular complexity index is 1500. The molecule has 0 aliphatic carbocycles. The van der Waals surface area contributed by atoms with E-state index in [0.29, 0.717) is 23.4 Å². The van der Waals surface area contributed by atoms with Crippen LogP contribution >= 0.6 is 0 Å². The summed E-state index contributed by atoms with van der Waals surface area (Å²) in [5.74, 6) is -2.64. The van der Waals surface area contributed by atoms with Gasteiger partial charge in [0.15, 0.2) is 5.82 Å². The van der Waals surface area contributed by atoms with E-state index >= 15 is 0 Å². The van der Waals surface area contributed by atoms with Crippen molar-refractivity contribution in [2.75, 3.05) is 5.32 Å². The molecule has 1 atom stereocenters. The minimum atomic E-state index is -4.85. The molecule has 35 heavy (non-hydrogen) atoms. The molecule has 4 aromatic rings. The van der Waals surface area contributed by atoms with Gasteiger partial charge in [-0.25, -0.2) is 23.1 Å². The molecule has 2 heterocycles. The van der Waals surface area contributed by atoms with Crippen molar-refractivity contribution in [1.82, 2.24) is 9.97 Å². The van der Waals surface area contributed by atoms with E-state index in [-0.39, 0.29) is 28.6 Å². The number of nitrogens with one attached hydrogen (secondary N) is 1. The van der Waals surface area contributed by atoms with Crippen LogP contribution in [-0.4, -0.2) is 15.8 Å². The van der Waals surface area contributed by atoms with Crippen LogP contribution in [0.4, 0.5) is 32.2 Å². The molecular formula is C25H16F6N4. The highest BCUT2D eigenvalue weighted by Crippen LogP contribution is 2.39. The molecule has 3 aromatic carbocycles. The summed E-state index contributed by atoms with van der Waals surface area (Å²) in [6.07, 6.45) is -4.40. The van der Waals surface area contributed by atoms with E-state index in [0.717, 1.165) is 24.3 Å². The van der Waals surface area contributed by atoms with Crippen LogP contribution in [0, 0.1) is 17.5 Å². The van der Waals surface area contributed by atoms with Crippen molar-refractivity contribution in [3.63, 3.8) is 0 Å². The van der Waals surface area contributed by atoms with Crippen LogP contribution in [0.2, 0.25) is 0 Å². The number of halogens is 6. The third kappa shape index (κ3) is 4.09. The molecule has 0 fully saturated rings. The molecule has 0 bridgehead atoms. The molecule has 1 N–H and O–H groups in total. The second-order valence-electron chi connectivity index (χ2n) is 7.98. The summed E-state index contributed by atoms with van der Waals surface area (Å²) < 4.78 is 83.1. The molecule has 1 aliphatic heterocycles. The molecule has 0 amide bonds. The van der Waals surface area contributed by atoms with Gasteiger partial charge in [0.25, 0.3) is 0 Å². The van der Waals surface area contributed by atoms with Crippen molar-refractivity contribution in [1.29, 1.82) is 0 Å². The number of amidine groups is 1. The van der Waals surface area contributed by atoms with Crippen molar-refractivity contribution in [2.45, 2.75) is 25.6 Å². The normalized spacial score (nSPS) is 15.3. The van der Waals surface area contributed by atoms with Crippen LogP contribution in [-0.2, 0) is 6.18 Å². The van der Waals surface area contributed by atoms with E-state index in [4.69, 9.17) is 0 Å². The van der Waals surface area contributed by atoms with E-state index in [1.165, 1.54) is 0 Å². The fourth-order valence-electron chi connectivity index (χ4n) is 4.15. The Labute approximate surface area is 195 Å². The molecule has 0 radical (unpaired) electrons. The highest BCUT2D eigenvalue weighted by Gasteiger charge is 2.35. The van der Waals surface area contributed by atoms with Crippen molar-refractivity contribution in [3.8, 4) is 11.4 Å². The van der Waals surface area contributed by atoms with Gasteiger partial charge in [0.2, 0.25) is 0 Å². The zero-order valence-corrected chi connectivity index (χ0v) is 18.1. The second kappa shape index (κ2) is 8.37. The fourth-order valence-corrected chi connectivity index (χ4v) is 4.15. The zero-order chi connectivity index (χ0) is 24.9. The van der Waals surface area contributed by atoms with Gasteiger partial charge in [-0.05, 0) is 42.8 Å². The van der Waals surface area contributed by atoms with Crippen LogP contribution in [0.5, 0.6) is 0 Å². The molecule has 0 saturated heterocycles. The minimum absolute atomic E-state index is 0.0918. The van der Waals surface area contributed by atoms with Crippen LogP contribution in [0.25, 0.3) is 22.3 Å². The van der Waals surface area contributed by atoms with Gasteiger partial charge >= 0.3 is 6.18 Å². The maximum Gasteiger partial charge on any atom is 0.417 e. The summed E-state index contributed by atoms with van der Waals surface area (Å²) in [7, 11) is 0. The van der Waals surface area contributed by atoms with E-state index < -0.39 is 40.8 Å². The van der Waals surface area contributed by atoms with Gasteiger partial charge in [-0.2, -0.15) is 13.2 Å². The number of anilines is 1. The summed E-state index contributed by atoms with van der Waals surface area (Å²) in [4.78, 5) is 13.0. The topological polar surface area (TPSA) is 50.2 Å². The molecule has 5 rings (SSSR count). The molecule has 0 spiro atoms. The molecule has 1 aromatic heterocycles. The first-order valence-corrected chi connectivity index (χ1v) is 10.6. The van der Waals surface area contributed by atoms with E-state index in [2.05, 4.69) is 20.3 Å². The van der Waals surface area contributed by atoms with Gasteiger partial charge in [-0.1, -0.05) is 19.1 Å². The summed E-state index contributed by atoms with van der Waals surface area (Å²) in [5, 5.41) is 3.40. The van der Waals surface area contributed by atoms with Crippen molar-refractivity contribution >= 4 is 22.6 Å². The van der Waals surface area contributed by atoms with Crippen LogP contribution in [0.1, 0.15) is 36.1 Å². The predicted molar refractivity (Wildman–Crippen MR) is 119 cm³/mol. The monoisotopic (exact) mass is 486 g/mol. The Kier molecular flexibility index (Phi) is 5.46. The average Bonchev–Trinajstić information content (AvgIpc) is 3.16. The third-order valence-electron chi connectivity index (χ3n) is 5.72. The first-order chi connectivity index (χ1) is 16.7. The maximum absolute atomic E-state index is 14.5. The molecule has 10 heteroatoms. The Morgan fingerprint density at radius 1 is 0.886 bits per heavy atom. The third-order valence-corrected chi connectivity index (χ3v) is 5.72. The Morgan fingerprint density at radius 2 is 1.66 bits per heavy atom. The van der Waals surface area contributed by atoms with Gasteiger partial charge < -0.3 is 5.32 Å². The maximum atomic E-state index is 14.5. The second-order valence-corrected chi connectivity index (χ2v) is 7.98. The number of para-hydroxylation sites is 1. The van der Waals surface area contributed by atoms with E-state index in [9.17, 15) is 26.3 Å². The number of alkyl halides is 3. The van der Waals surface area contributed by atoms with E-state index in [1.807, 2.05) is 0 Å². The highest BCUT2D eigenvalue weighted by atomic mass is 19.4. The number of hydrogen-bond donors (Lipinski definition) is 1. The number of nitrogens with zero attached hydrogens (tertiary/aromatic N) is 3. The fraction of sp³-hybridized carbons (Fsp3) is 0.160. The number of hydrogen-bond acceptors (Lipinski definition) is 4. The summed E-state index contributed by atoms with van der Waals surface area (Å²) in [5.41, 5.74) is -0.888. The van der Waals surface area contributed by atoms with Gasteiger partial charge in [0.05, 0.1) is 17.1 Å². The van der Waals surface area contributed by atoms with Crippen LogP contribution in [0.3, 0.4) is 0 Å². The first-order valence-electron chi connectivity index (χ1n) is 10.6. The standard InChI is InChI=1S/C25H16F6N4/c1-2-19-21-16(9-13(27)11-18(21)28)24(32-19)35-23-15-5-3-4-6-20(15)33-22(34-23)14-8-7-12(26)10-17(14)25(29,30)31/h3-11,19H,2H2,1H3,(H,32,33,34,35). The lowest BCUT2D eigenvalue weighted by atomic mass is 10.0. The number of aliphatic imine (C=N–C) groups is 1. The lowest BCUT2D eigenvalue weighted by Gasteiger charge is -2.15. The molecular weight excluding hydrogens is 470 g/mol. The van der Waals surface area contributed by atoms with Crippen LogP contribution in [0.15, 0.2) is 59.6 Å².